The molecule has 0 aromatic heterocycles. The molecule has 1 N–H and O–H groups in total. The number of nitrogens with zero attached hydrogens (tertiary/aromatic N) is 1. The Morgan fingerprint density at radius 3 is 2.36 bits per heavy atom. The first-order valence-corrected chi connectivity index (χ1v) is 11.9. The molecule has 3 aromatic rings. The fourth-order valence-corrected chi connectivity index (χ4v) is 3.71. The van der Waals surface area contributed by atoms with Crippen LogP contribution >= 0.6 is 0 Å². The molecule has 0 aliphatic rings. The molecule has 6 nitrogen and oxygen atoms in total. The molecule has 0 saturated heterocycles. The maximum atomic E-state index is 14.4. The molecule has 0 fully saturated rings. The summed E-state index contributed by atoms with van der Waals surface area (Å²) in [5.74, 6) is -2.15. The highest BCUT2D eigenvalue weighted by Gasteiger charge is 2.31. The van der Waals surface area contributed by atoms with Crippen LogP contribution in [0, 0.1) is 5.82 Å². The van der Waals surface area contributed by atoms with Gasteiger partial charge in [-0.15, -0.1) is 0 Å². The zero-order valence-corrected chi connectivity index (χ0v) is 20.3. The topological polar surface area (TPSA) is 75.7 Å². The Kier molecular flexibility index (Phi) is 8.57. The zero-order chi connectivity index (χ0) is 26.5. The number of halogens is 4. The normalized spacial score (nSPS) is 12.3. The van der Waals surface area contributed by atoms with Gasteiger partial charge >= 0.3 is 6.18 Å². The molecule has 3 rings (SSSR count). The number of rotatable bonds is 9. The average Bonchev–Trinajstić information content (AvgIpc) is 2.85. The van der Waals surface area contributed by atoms with Gasteiger partial charge in [0.2, 0.25) is 16.8 Å². The second-order valence-electron chi connectivity index (χ2n) is 8.01. The van der Waals surface area contributed by atoms with Crippen molar-refractivity contribution in [3.8, 4) is 5.75 Å². The van der Waals surface area contributed by atoms with Crippen LogP contribution in [-0.2, 0) is 35.0 Å². The molecule has 0 saturated carbocycles. The van der Waals surface area contributed by atoms with Gasteiger partial charge in [0.15, 0.2) is 0 Å². The highest BCUT2D eigenvalue weighted by Crippen LogP contribution is 2.33. The zero-order valence-electron chi connectivity index (χ0n) is 19.4. The van der Waals surface area contributed by atoms with Gasteiger partial charge in [-0.05, 0) is 42.3 Å². The Labute approximate surface area is 207 Å². The van der Waals surface area contributed by atoms with Crippen molar-refractivity contribution < 1.29 is 35.5 Å². The third-order valence-electron chi connectivity index (χ3n) is 5.54. The summed E-state index contributed by atoms with van der Waals surface area (Å²) >= 11 is 0. The highest BCUT2D eigenvalue weighted by atomic mass is 32.2. The fraction of sp³-hybridized carbons (Fsp3) is 0.240. The molecule has 1 atom stereocenters. The quantitative estimate of drug-likeness (QED) is 0.311. The van der Waals surface area contributed by atoms with Crippen molar-refractivity contribution in [1.82, 2.24) is 5.32 Å². The van der Waals surface area contributed by atoms with Crippen molar-refractivity contribution in [2.75, 3.05) is 11.4 Å². The lowest BCUT2D eigenvalue weighted by molar-refractivity contribution is -0.137. The number of carbonyl (C=O) groups excluding carboxylic acids is 1. The molecule has 0 spiro atoms. The number of amides is 1. The van der Waals surface area contributed by atoms with E-state index in [9.17, 15) is 30.8 Å². The van der Waals surface area contributed by atoms with Crippen molar-refractivity contribution in [1.29, 1.82) is 0 Å². The maximum absolute atomic E-state index is 14.4. The summed E-state index contributed by atoms with van der Waals surface area (Å²) in [5.41, 5.74) is 0.357. The van der Waals surface area contributed by atoms with E-state index in [0.29, 0.717) is 11.1 Å². The van der Waals surface area contributed by atoms with Gasteiger partial charge in [-0.1, -0.05) is 42.5 Å². The number of anilines is 1. The molecule has 3 aromatic carbocycles. The number of hydrogen-bond acceptors (Lipinski definition) is 4. The van der Waals surface area contributed by atoms with Crippen LogP contribution < -0.4 is 14.4 Å². The Morgan fingerprint density at radius 1 is 1.06 bits per heavy atom. The summed E-state index contributed by atoms with van der Waals surface area (Å²) < 4.78 is 82.7. The number of ether oxygens (including phenoxy) is 1. The number of carbonyl (C=O) groups is 1. The monoisotopic (exact) mass is 524 g/mol. The minimum absolute atomic E-state index is 0.0215. The lowest BCUT2D eigenvalue weighted by Crippen LogP contribution is -2.28. The van der Waals surface area contributed by atoms with Gasteiger partial charge in [0.25, 0.3) is 0 Å². The van der Waals surface area contributed by atoms with Crippen LogP contribution in [0.4, 0.5) is 23.2 Å². The molecule has 11 heteroatoms. The molecule has 192 valence electrons. The molecule has 1 amide bonds. The highest BCUT2D eigenvalue weighted by molar-refractivity contribution is 7.74. The maximum Gasteiger partial charge on any atom is 0.416 e. The second-order valence-corrected chi connectivity index (χ2v) is 9.08. The lowest BCUT2D eigenvalue weighted by atomic mass is 9.99. The SMILES string of the molecule is CC(C(=O)NCc1ccc(C(F)(F)F)cc1OCc1ccccc1)c1ccc(N(C)[SH](=O)=O)c(F)c1. The number of nitrogens with one attached hydrogen (secondary N) is 1. The standard InChI is InChI=1S/C25H24F4N2O4S/c1-16(18-9-11-22(21(26)12-18)31(2)36(33)34)24(32)30-14-19-8-10-20(25(27,28)29)13-23(19)35-15-17-6-4-3-5-7-17/h3-13,16,36H,14-15H2,1-2H3,(H,30,32). The largest absolute Gasteiger partial charge is 0.489 e. The third kappa shape index (κ3) is 6.75. The van der Waals surface area contributed by atoms with Crippen LogP contribution in [0.3, 0.4) is 0 Å². The van der Waals surface area contributed by atoms with E-state index < -0.39 is 40.3 Å². The summed E-state index contributed by atoms with van der Waals surface area (Å²) in [6.07, 6.45) is -4.56. The molecule has 0 aliphatic heterocycles. The van der Waals surface area contributed by atoms with Gasteiger partial charge in [-0.25, -0.2) is 12.8 Å². The predicted molar refractivity (Wildman–Crippen MR) is 128 cm³/mol. The summed E-state index contributed by atoms with van der Waals surface area (Å²) in [6, 6.07) is 15.7. The summed E-state index contributed by atoms with van der Waals surface area (Å²) in [5, 5.41) is 2.64. The predicted octanol–water partition coefficient (Wildman–Crippen LogP) is 4.81. The molecule has 36 heavy (non-hydrogen) atoms. The third-order valence-corrected chi connectivity index (χ3v) is 6.25. The first-order chi connectivity index (χ1) is 17.0. The van der Waals surface area contributed by atoms with Crippen LogP contribution in [0.5, 0.6) is 5.75 Å². The van der Waals surface area contributed by atoms with Crippen molar-refractivity contribution >= 4 is 22.5 Å². The van der Waals surface area contributed by atoms with Crippen molar-refractivity contribution in [2.45, 2.75) is 32.2 Å². The van der Waals surface area contributed by atoms with Gasteiger partial charge in [0, 0.05) is 19.2 Å². The molecule has 0 bridgehead atoms. The van der Waals surface area contributed by atoms with Gasteiger partial charge < -0.3 is 10.1 Å². The lowest BCUT2D eigenvalue weighted by Gasteiger charge is -2.18. The summed E-state index contributed by atoms with van der Waals surface area (Å²) in [4.78, 5) is 12.7. The summed E-state index contributed by atoms with van der Waals surface area (Å²) in [6.45, 7) is 1.45. The summed E-state index contributed by atoms with van der Waals surface area (Å²) in [7, 11) is -1.83. The van der Waals surface area contributed by atoms with Crippen LogP contribution in [0.25, 0.3) is 0 Å². The van der Waals surface area contributed by atoms with Crippen molar-refractivity contribution in [3.05, 3.63) is 94.8 Å². The number of benzene rings is 3. The van der Waals surface area contributed by atoms with Crippen LogP contribution in [0.15, 0.2) is 66.7 Å². The van der Waals surface area contributed by atoms with Crippen LogP contribution in [-0.4, -0.2) is 21.4 Å². The smallest absolute Gasteiger partial charge is 0.416 e. The Hall–Kier alpha value is -3.60. The number of thiol groups is 1. The van der Waals surface area contributed by atoms with Crippen molar-refractivity contribution in [2.24, 2.45) is 0 Å². The van der Waals surface area contributed by atoms with Gasteiger partial charge in [-0.2, -0.15) is 13.2 Å². The van der Waals surface area contributed by atoms with Crippen LogP contribution in [0.2, 0.25) is 0 Å². The molecule has 1 unspecified atom stereocenters. The Morgan fingerprint density at radius 2 is 1.75 bits per heavy atom. The van der Waals surface area contributed by atoms with E-state index in [4.69, 9.17) is 4.74 Å². The van der Waals surface area contributed by atoms with E-state index in [1.54, 1.807) is 30.3 Å². The van der Waals surface area contributed by atoms with Gasteiger partial charge in [-0.3, -0.25) is 9.10 Å². The van der Waals surface area contributed by atoms with Crippen molar-refractivity contribution in [3.63, 3.8) is 0 Å². The van der Waals surface area contributed by atoms with E-state index in [-0.39, 0.29) is 24.6 Å². The van der Waals surface area contributed by atoms with E-state index in [2.05, 4.69) is 5.32 Å². The minimum Gasteiger partial charge on any atom is -0.489 e. The number of alkyl halides is 3. The molecule has 0 aliphatic carbocycles. The van der Waals surface area contributed by atoms with E-state index in [1.807, 2.05) is 0 Å². The fourth-order valence-electron chi connectivity index (χ4n) is 3.38. The van der Waals surface area contributed by atoms with Crippen LogP contribution in [0.1, 0.15) is 35.1 Å². The Bertz CT molecular complexity index is 1290. The van der Waals surface area contributed by atoms with E-state index in [0.717, 1.165) is 28.1 Å². The molecule has 0 heterocycles. The average molecular weight is 525 g/mol. The first-order valence-electron chi connectivity index (χ1n) is 10.8. The van der Waals surface area contributed by atoms with E-state index >= 15 is 0 Å². The first kappa shape index (κ1) is 27.0. The molecular weight excluding hydrogens is 500 g/mol. The number of hydrogen-bond donors (Lipinski definition) is 2. The van der Waals surface area contributed by atoms with E-state index in [1.165, 1.54) is 32.2 Å². The Balaban J connectivity index is 1.74. The van der Waals surface area contributed by atoms with Gasteiger partial charge in [0.1, 0.15) is 18.2 Å². The molecule has 0 radical (unpaired) electrons. The molecular formula is C25H24F4N2O4S. The minimum atomic E-state index is -4.56. The second kappa shape index (κ2) is 11.4. The van der Waals surface area contributed by atoms with Gasteiger partial charge in [0.05, 0.1) is 17.2 Å².